The minimum atomic E-state index is -0.992. The average Bonchev–Trinajstić information content (AvgIpc) is 2.30. The Hall–Kier alpha value is -2.43. The fourth-order valence-corrected chi connectivity index (χ4v) is 1.33. The molecule has 2 rings (SSSR count). The first-order valence-electron chi connectivity index (χ1n) is 4.55. The number of rotatable bonds is 2. The highest BCUT2D eigenvalue weighted by atomic mass is 16.4. The fourth-order valence-electron chi connectivity index (χ4n) is 1.33. The van der Waals surface area contributed by atoms with E-state index in [9.17, 15) is 9.59 Å². The van der Waals surface area contributed by atoms with Crippen LogP contribution in [-0.2, 0) is 0 Å². The van der Waals surface area contributed by atoms with E-state index in [1.807, 2.05) is 0 Å². The molecule has 0 spiro atoms. The van der Waals surface area contributed by atoms with E-state index >= 15 is 0 Å². The average molecular weight is 216 g/mol. The number of aromatic carboxylic acids is 1. The maximum atomic E-state index is 11.4. The van der Waals surface area contributed by atoms with Crippen molar-refractivity contribution < 1.29 is 9.90 Å². The zero-order valence-corrected chi connectivity index (χ0v) is 8.20. The first-order chi connectivity index (χ1) is 7.68. The maximum Gasteiger partial charge on any atom is 0.335 e. The molecule has 0 unspecified atom stereocenters. The van der Waals surface area contributed by atoms with Gasteiger partial charge in [0.1, 0.15) is 0 Å². The fraction of sp³-hybridized carbons (Fsp3) is 0. The zero-order valence-electron chi connectivity index (χ0n) is 8.20. The SMILES string of the molecule is O=C(O)c1ccc(-n2ccncc2=O)cc1. The molecule has 0 atom stereocenters. The molecule has 5 nitrogen and oxygen atoms in total. The molecular weight excluding hydrogens is 208 g/mol. The van der Waals surface area contributed by atoms with E-state index in [4.69, 9.17) is 5.11 Å². The number of hydrogen-bond acceptors (Lipinski definition) is 3. The quantitative estimate of drug-likeness (QED) is 0.810. The minimum absolute atomic E-state index is 0.186. The summed E-state index contributed by atoms with van der Waals surface area (Å²) in [5.41, 5.74) is 0.536. The van der Waals surface area contributed by atoms with Crippen LogP contribution >= 0.6 is 0 Å². The van der Waals surface area contributed by atoms with Gasteiger partial charge in [0.2, 0.25) is 0 Å². The van der Waals surface area contributed by atoms with Crippen LogP contribution in [0.15, 0.2) is 47.7 Å². The highest BCUT2D eigenvalue weighted by Gasteiger charge is 2.03. The van der Waals surface area contributed by atoms with E-state index in [1.165, 1.54) is 35.3 Å². The van der Waals surface area contributed by atoms with Crippen molar-refractivity contribution in [3.05, 3.63) is 58.8 Å². The summed E-state index contributed by atoms with van der Waals surface area (Å²) < 4.78 is 1.39. The minimum Gasteiger partial charge on any atom is -0.478 e. The van der Waals surface area contributed by atoms with Crippen LogP contribution < -0.4 is 5.56 Å². The lowest BCUT2D eigenvalue weighted by atomic mass is 10.2. The standard InChI is InChI=1S/C11H8N2O3/c14-10-7-12-5-6-13(10)9-3-1-8(2-4-9)11(15)16/h1-7H,(H,15,16). The van der Waals surface area contributed by atoms with E-state index in [0.717, 1.165) is 0 Å². The van der Waals surface area contributed by atoms with Gasteiger partial charge in [-0.2, -0.15) is 0 Å². The van der Waals surface area contributed by atoms with Crippen LogP contribution in [0.5, 0.6) is 0 Å². The summed E-state index contributed by atoms with van der Waals surface area (Å²) in [6.45, 7) is 0. The summed E-state index contributed by atoms with van der Waals surface area (Å²) in [6.07, 6.45) is 4.22. The van der Waals surface area contributed by atoms with E-state index in [2.05, 4.69) is 4.98 Å². The summed E-state index contributed by atoms with van der Waals surface area (Å²) in [5.74, 6) is -0.992. The normalized spacial score (nSPS) is 10.0. The smallest absolute Gasteiger partial charge is 0.335 e. The first-order valence-corrected chi connectivity index (χ1v) is 4.55. The molecule has 5 heteroatoms. The summed E-state index contributed by atoms with van der Waals surface area (Å²) in [7, 11) is 0. The lowest BCUT2D eigenvalue weighted by Crippen LogP contribution is -2.16. The van der Waals surface area contributed by atoms with Gasteiger partial charge in [-0.25, -0.2) is 4.79 Å². The van der Waals surface area contributed by atoms with Crippen LogP contribution in [-0.4, -0.2) is 20.6 Å². The van der Waals surface area contributed by atoms with Crippen LogP contribution in [0.25, 0.3) is 5.69 Å². The van der Waals surface area contributed by atoms with Crippen molar-refractivity contribution in [2.75, 3.05) is 0 Å². The van der Waals surface area contributed by atoms with Gasteiger partial charge in [0.05, 0.1) is 11.8 Å². The van der Waals surface area contributed by atoms with Crippen LogP contribution in [0.1, 0.15) is 10.4 Å². The molecular formula is C11H8N2O3. The lowest BCUT2D eigenvalue weighted by Gasteiger charge is -2.04. The number of carbonyl (C=O) groups is 1. The molecule has 80 valence electrons. The van der Waals surface area contributed by atoms with Gasteiger partial charge >= 0.3 is 5.97 Å². The second kappa shape index (κ2) is 3.98. The number of hydrogen-bond donors (Lipinski definition) is 1. The van der Waals surface area contributed by atoms with Gasteiger partial charge in [-0.15, -0.1) is 0 Å². The molecule has 2 aromatic rings. The van der Waals surface area contributed by atoms with Crippen molar-refractivity contribution in [3.63, 3.8) is 0 Å². The Labute approximate surface area is 90.6 Å². The van der Waals surface area contributed by atoms with Crippen molar-refractivity contribution in [1.29, 1.82) is 0 Å². The Bertz CT molecular complexity index is 572. The van der Waals surface area contributed by atoms with E-state index < -0.39 is 5.97 Å². The number of carboxylic acid groups (broad SMARTS) is 1. The Balaban J connectivity index is 2.47. The molecule has 0 aliphatic rings. The Morgan fingerprint density at radius 1 is 1.25 bits per heavy atom. The van der Waals surface area contributed by atoms with Gasteiger partial charge in [-0.05, 0) is 24.3 Å². The number of aromatic nitrogens is 2. The summed E-state index contributed by atoms with van der Waals surface area (Å²) >= 11 is 0. The van der Waals surface area contributed by atoms with Gasteiger partial charge in [0.15, 0.2) is 0 Å². The third-order valence-corrected chi connectivity index (χ3v) is 2.12. The molecule has 1 N–H and O–H groups in total. The van der Waals surface area contributed by atoms with Crippen molar-refractivity contribution >= 4 is 5.97 Å². The van der Waals surface area contributed by atoms with Gasteiger partial charge in [0, 0.05) is 18.1 Å². The Morgan fingerprint density at radius 3 is 2.50 bits per heavy atom. The van der Waals surface area contributed by atoms with Gasteiger partial charge in [-0.1, -0.05) is 0 Å². The van der Waals surface area contributed by atoms with Crippen molar-refractivity contribution in [3.8, 4) is 5.69 Å². The Kier molecular flexibility index (Phi) is 2.51. The number of benzene rings is 1. The van der Waals surface area contributed by atoms with Crippen molar-refractivity contribution in [2.45, 2.75) is 0 Å². The maximum absolute atomic E-state index is 11.4. The predicted octanol–water partition coefficient (Wildman–Crippen LogP) is 0.931. The van der Waals surface area contributed by atoms with Gasteiger partial charge in [-0.3, -0.25) is 14.3 Å². The van der Waals surface area contributed by atoms with E-state index in [1.54, 1.807) is 12.1 Å². The second-order valence-electron chi connectivity index (χ2n) is 3.14. The second-order valence-corrected chi connectivity index (χ2v) is 3.14. The topological polar surface area (TPSA) is 72.2 Å². The highest BCUT2D eigenvalue weighted by Crippen LogP contribution is 2.07. The molecule has 0 aliphatic heterocycles. The van der Waals surface area contributed by atoms with Crippen LogP contribution in [0.4, 0.5) is 0 Å². The van der Waals surface area contributed by atoms with E-state index in [-0.39, 0.29) is 11.1 Å². The van der Waals surface area contributed by atoms with Crippen LogP contribution in [0.2, 0.25) is 0 Å². The molecule has 1 aromatic carbocycles. The van der Waals surface area contributed by atoms with Crippen molar-refractivity contribution in [2.24, 2.45) is 0 Å². The van der Waals surface area contributed by atoms with E-state index in [0.29, 0.717) is 5.69 Å². The van der Waals surface area contributed by atoms with Gasteiger partial charge < -0.3 is 5.11 Å². The Morgan fingerprint density at radius 2 is 1.94 bits per heavy atom. The van der Waals surface area contributed by atoms with Gasteiger partial charge in [0.25, 0.3) is 5.56 Å². The van der Waals surface area contributed by atoms with Crippen LogP contribution in [0.3, 0.4) is 0 Å². The highest BCUT2D eigenvalue weighted by molar-refractivity contribution is 5.87. The summed E-state index contributed by atoms with van der Waals surface area (Å²) in [4.78, 5) is 25.7. The molecule has 16 heavy (non-hydrogen) atoms. The van der Waals surface area contributed by atoms with Crippen LogP contribution in [0, 0.1) is 0 Å². The molecule has 0 radical (unpaired) electrons. The molecule has 1 heterocycles. The summed E-state index contributed by atoms with van der Waals surface area (Å²) in [6, 6.07) is 6.05. The molecule has 0 bridgehead atoms. The molecule has 0 amide bonds. The first kappa shape index (κ1) is 10.1. The number of carboxylic acids is 1. The lowest BCUT2D eigenvalue weighted by molar-refractivity contribution is 0.0697. The predicted molar refractivity (Wildman–Crippen MR) is 56.8 cm³/mol. The third-order valence-electron chi connectivity index (χ3n) is 2.12. The zero-order chi connectivity index (χ0) is 11.5. The summed E-state index contributed by atoms with van der Waals surface area (Å²) in [5, 5.41) is 8.72. The monoisotopic (exact) mass is 216 g/mol. The molecule has 0 fully saturated rings. The molecule has 0 aliphatic carbocycles. The largest absolute Gasteiger partial charge is 0.478 e. The molecule has 0 saturated heterocycles. The molecule has 0 saturated carbocycles. The number of nitrogens with zero attached hydrogens (tertiary/aromatic N) is 2. The third kappa shape index (κ3) is 1.83. The van der Waals surface area contributed by atoms with Crippen molar-refractivity contribution in [1.82, 2.24) is 9.55 Å². The molecule has 1 aromatic heterocycles.